The largest absolute Gasteiger partial charge is 0.353 e. The predicted octanol–water partition coefficient (Wildman–Crippen LogP) is -0.559. The molecule has 2 fully saturated rings. The fourth-order valence-electron chi connectivity index (χ4n) is 3.82. The molecule has 3 heterocycles. The van der Waals surface area contributed by atoms with E-state index in [-0.39, 0.29) is 36.5 Å². The van der Waals surface area contributed by atoms with Crippen molar-refractivity contribution in [3.8, 4) is 12.3 Å². The van der Waals surface area contributed by atoms with Gasteiger partial charge >= 0.3 is 0 Å². The predicted molar refractivity (Wildman–Crippen MR) is 98.1 cm³/mol. The molecular weight excluding hydrogens is 352 g/mol. The molecular formula is C17H24N6O2S. The Hall–Kier alpha value is -2.02. The van der Waals surface area contributed by atoms with Crippen LogP contribution in [0.2, 0.25) is 0 Å². The molecule has 2 N–H and O–H groups in total. The van der Waals surface area contributed by atoms with Gasteiger partial charge in [0.25, 0.3) is 0 Å². The summed E-state index contributed by atoms with van der Waals surface area (Å²) < 4.78 is 3.90. The van der Waals surface area contributed by atoms with Crippen molar-refractivity contribution in [3.05, 3.63) is 11.1 Å². The summed E-state index contributed by atoms with van der Waals surface area (Å²) in [5.74, 6) is 2.41. The van der Waals surface area contributed by atoms with E-state index in [4.69, 9.17) is 6.42 Å². The first kappa shape index (κ1) is 18.8. The van der Waals surface area contributed by atoms with E-state index >= 15 is 0 Å². The minimum atomic E-state index is -0.193. The van der Waals surface area contributed by atoms with Crippen molar-refractivity contribution in [3.63, 3.8) is 0 Å². The molecule has 9 heteroatoms. The van der Waals surface area contributed by atoms with Crippen molar-refractivity contribution in [1.29, 1.82) is 0 Å². The maximum atomic E-state index is 12.7. The topological polar surface area (TPSA) is 90.5 Å². The van der Waals surface area contributed by atoms with E-state index in [1.165, 1.54) is 11.5 Å². The maximum Gasteiger partial charge on any atom is 0.239 e. The van der Waals surface area contributed by atoms with Crippen molar-refractivity contribution in [2.75, 3.05) is 26.7 Å². The van der Waals surface area contributed by atoms with Crippen molar-refractivity contribution in [2.45, 2.75) is 43.9 Å². The van der Waals surface area contributed by atoms with Gasteiger partial charge in [-0.05, 0) is 31.4 Å². The molecule has 26 heavy (non-hydrogen) atoms. The zero-order chi connectivity index (χ0) is 18.5. The van der Waals surface area contributed by atoms with Crippen LogP contribution in [-0.2, 0) is 16.1 Å². The average molecular weight is 376 g/mol. The standard InChI is InChI=1S/C17H24N6O2S/c1-3-7-18-15(24)5-4-13-9-19-17(25)16-14(22(13)2)6-8-23(16)10-12-11-26-21-20-12/h1,11,13-14,16H,4-10H2,2H3,(H,18,24)(H,19,25). The number of nitrogens with one attached hydrogen (secondary N) is 2. The third kappa shape index (κ3) is 4.20. The van der Waals surface area contributed by atoms with Gasteiger partial charge in [-0.25, -0.2) is 0 Å². The van der Waals surface area contributed by atoms with Crippen LogP contribution in [0.3, 0.4) is 0 Å². The highest BCUT2D eigenvalue weighted by molar-refractivity contribution is 7.03. The highest BCUT2D eigenvalue weighted by Crippen LogP contribution is 2.28. The molecule has 2 amide bonds. The second kappa shape index (κ2) is 8.58. The lowest BCUT2D eigenvalue weighted by atomic mass is 10.0. The molecule has 3 unspecified atom stereocenters. The minimum absolute atomic E-state index is 0.0486. The first-order valence-electron chi connectivity index (χ1n) is 8.80. The fourth-order valence-corrected chi connectivity index (χ4v) is 4.27. The Morgan fingerprint density at radius 2 is 2.42 bits per heavy atom. The number of likely N-dealkylation sites (tertiary alicyclic amines) is 1. The summed E-state index contributed by atoms with van der Waals surface area (Å²) in [7, 11) is 2.05. The van der Waals surface area contributed by atoms with Gasteiger partial charge in [0.05, 0.1) is 12.2 Å². The summed E-state index contributed by atoms with van der Waals surface area (Å²) in [5.41, 5.74) is 0.900. The summed E-state index contributed by atoms with van der Waals surface area (Å²) in [4.78, 5) is 29.0. The third-order valence-electron chi connectivity index (χ3n) is 5.21. The number of aromatic nitrogens is 2. The quantitative estimate of drug-likeness (QED) is 0.647. The number of rotatable bonds is 6. The molecule has 3 rings (SSSR count). The van der Waals surface area contributed by atoms with Gasteiger partial charge in [0.1, 0.15) is 6.04 Å². The van der Waals surface area contributed by atoms with Crippen molar-refractivity contribution < 1.29 is 9.59 Å². The van der Waals surface area contributed by atoms with Crippen LogP contribution in [0.25, 0.3) is 0 Å². The van der Waals surface area contributed by atoms with Crippen LogP contribution < -0.4 is 10.6 Å². The molecule has 1 aromatic heterocycles. The second-order valence-electron chi connectivity index (χ2n) is 6.75. The molecule has 8 nitrogen and oxygen atoms in total. The van der Waals surface area contributed by atoms with Gasteiger partial charge in [0, 0.05) is 43.5 Å². The highest BCUT2D eigenvalue weighted by atomic mass is 32.1. The number of terminal acetylenes is 1. The van der Waals surface area contributed by atoms with Gasteiger partial charge < -0.3 is 10.6 Å². The first-order valence-corrected chi connectivity index (χ1v) is 9.63. The van der Waals surface area contributed by atoms with Crippen LogP contribution in [0.5, 0.6) is 0 Å². The molecule has 0 aromatic carbocycles. The lowest BCUT2D eigenvalue weighted by Crippen LogP contribution is -2.49. The summed E-state index contributed by atoms with van der Waals surface area (Å²) in [6.07, 6.45) is 7.17. The highest BCUT2D eigenvalue weighted by Gasteiger charge is 2.45. The monoisotopic (exact) mass is 376 g/mol. The van der Waals surface area contributed by atoms with Crippen LogP contribution in [0, 0.1) is 12.3 Å². The van der Waals surface area contributed by atoms with Crippen LogP contribution in [-0.4, -0.2) is 76.0 Å². The third-order valence-corrected chi connectivity index (χ3v) is 5.77. The molecule has 0 spiro atoms. The van der Waals surface area contributed by atoms with Gasteiger partial charge in [-0.3, -0.25) is 19.4 Å². The van der Waals surface area contributed by atoms with E-state index in [1.807, 2.05) is 5.38 Å². The molecule has 1 aromatic rings. The van der Waals surface area contributed by atoms with Gasteiger partial charge in [-0.2, -0.15) is 0 Å². The minimum Gasteiger partial charge on any atom is -0.353 e. The Kier molecular flexibility index (Phi) is 6.19. The molecule has 2 aliphatic heterocycles. The first-order chi connectivity index (χ1) is 12.6. The fraction of sp³-hybridized carbons (Fsp3) is 0.647. The van der Waals surface area contributed by atoms with Crippen molar-refractivity contribution >= 4 is 23.3 Å². The molecule has 3 atom stereocenters. The lowest BCUT2D eigenvalue weighted by Gasteiger charge is -2.32. The number of amides is 2. The van der Waals surface area contributed by atoms with Crippen LogP contribution >= 0.6 is 11.5 Å². The van der Waals surface area contributed by atoms with E-state index < -0.39 is 0 Å². The van der Waals surface area contributed by atoms with Crippen molar-refractivity contribution in [2.24, 2.45) is 0 Å². The Morgan fingerprint density at radius 3 is 3.15 bits per heavy atom. The number of nitrogens with zero attached hydrogens (tertiary/aromatic N) is 4. The van der Waals surface area contributed by atoms with Gasteiger partial charge in [-0.15, -0.1) is 11.5 Å². The number of carbonyl (C=O) groups is 2. The zero-order valence-corrected chi connectivity index (χ0v) is 15.7. The lowest BCUT2D eigenvalue weighted by molar-refractivity contribution is -0.126. The Balaban J connectivity index is 1.62. The Bertz CT molecular complexity index is 673. The van der Waals surface area contributed by atoms with Crippen molar-refractivity contribution in [1.82, 2.24) is 30.0 Å². The molecule has 2 saturated heterocycles. The van der Waals surface area contributed by atoms with E-state index in [9.17, 15) is 9.59 Å². The summed E-state index contributed by atoms with van der Waals surface area (Å²) in [6.45, 7) is 2.29. The van der Waals surface area contributed by atoms with E-state index in [1.54, 1.807) is 0 Å². The maximum absolute atomic E-state index is 12.7. The van der Waals surface area contributed by atoms with E-state index in [2.05, 4.69) is 43.0 Å². The van der Waals surface area contributed by atoms with Crippen LogP contribution in [0.1, 0.15) is 25.0 Å². The molecule has 0 saturated carbocycles. The smallest absolute Gasteiger partial charge is 0.239 e. The van der Waals surface area contributed by atoms with E-state index in [0.29, 0.717) is 25.9 Å². The molecule has 2 aliphatic rings. The van der Waals surface area contributed by atoms with E-state index in [0.717, 1.165) is 18.7 Å². The van der Waals surface area contributed by atoms with Gasteiger partial charge in [-0.1, -0.05) is 10.4 Å². The molecule has 0 bridgehead atoms. The molecule has 0 aliphatic carbocycles. The normalized spacial score (nSPS) is 26.6. The number of fused-ring (bicyclic) bond motifs is 1. The number of hydrogen-bond acceptors (Lipinski definition) is 7. The zero-order valence-electron chi connectivity index (χ0n) is 14.9. The van der Waals surface area contributed by atoms with Crippen LogP contribution in [0.15, 0.2) is 5.38 Å². The molecule has 140 valence electrons. The SMILES string of the molecule is C#CCNC(=O)CCC1CNC(=O)C2C(CCN2Cc2csnn2)N1C. The Morgan fingerprint density at radius 1 is 1.58 bits per heavy atom. The molecule has 0 radical (unpaired) electrons. The summed E-state index contributed by atoms with van der Waals surface area (Å²) >= 11 is 1.32. The number of hydrogen-bond donors (Lipinski definition) is 2. The summed E-state index contributed by atoms with van der Waals surface area (Å²) in [5, 5.41) is 11.8. The van der Waals surface area contributed by atoms with Crippen LogP contribution in [0.4, 0.5) is 0 Å². The second-order valence-corrected chi connectivity index (χ2v) is 7.36. The average Bonchev–Trinajstić information content (AvgIpc) is 3.27. The number of carbonyl (C=O) groups excluding carboxylic acids is 2. The van der Waals surface area contributed by atoms with Gasteiger partial charge in [0.15, 0.2) is 0 Å². The number of likely N-dealkylation sites (N-methyl/N-ethyl adjacent to an activating group) is 1. The summed E-state index contributed by atoms with van der Waals surface area (Å²) in [6, 6.07) is 0.0799. The van der Waals surface area contributed by atoms with Gasteiger partial charge in [0.2, 0.25) is 11.8 Å². The Labute approximate surface area is 157 Å².